The maximum Gasteiger partial charge on any atom is 0.251 e. The van der Waals surface area contributed by atoms with Gasteiger partial charge in [-0.3, -0.25) is 4.79 Å². The van der Waals surface area contributed by atoms with E-state index in [-0.39, 0.29) is 11.9 Å². The fraction of sp³-hybridized carbons (Fsp3) is 0.316. The normalized spacial score (nSPS) is 18.0. The third kappa shape index (κ3) is 3.30. The van der Waals surface area contributed by atoms with E-state index in [9.17, 15) is 4.79 Å². The highest BCUT2D eigenvalue weighted by Gasteiger charge is 2.22. The number of nitrogens with zero attached hydrogens (tertiary/aromatic N) is 1. The Morgan fingerprint density at radius 3 is 2.59 bits per heavy atom. The van der Waals surface area contributed by atoms with Gasteiger partial charge in [0.15, 0.2) is 0 Å². The molecule has 3 rings (SSSR count). The second-order valence-electron chi connectivity index (χ2n) is 5.91. The van der Waals surface area contributed by atoms with Crippen LogP contribution in [0.25, 0.3) is 0 Å². The Balaban J connectivity index is 1.66. The van der Waals surface area contributed by atoms with E-state index >= 15 is 0 Å². The zero-order valence-corrected chi connectivity index (χ0v) is 13.0. The standard InChI is InChI=1S/C19H22N2O/c1-15-8-5-6-12-18(15)19(22)20-16-9-7-13-21(14-16)17-10-3-2-4-11-17/h2-6,8,10-12,16H,7,9,13-14H2,1H3,(H,20,22)/t16-/m0/s1. The minimum absolute atomic E-state index is 0.0398. The second-order valence-corrected chi connectivity index (χ2v) is 5.91. The second kappa shape index (κ2) is 6.65. The molecule has 1 N–H and O–H groups in total. The van der Waals surface area contributed by atoms with Crippen molar-refractivity contribution in [3.8, 4) is 0 Å². The fourth-order valence-corrected chi connectivity index (χ4v) is 3.06. The number of nitrogens with one attached hydrogen (secondary N) is 1. The van der Waals surface area contributed by atoms with Crippen molar-refractivity contribution in [2.45, 2.75) is 25.8 Å². The van der Waals surface area contributed by atoms with Crippen molar-refractivity contribution < 1.29 is 4.79 Å². The first-order chi connectivity index (χ1) is 10.7. The molecule has 1 saturated heterocycles. The Morgan fingerprint density at radius 1 is 1.09 bits per heavy atom. The molecule has 1 aliphatic heterocycles. The molecule has 1 aliphatic rings. The van der Waals surface area contributed by atoms with Crippen LogP contribution in [0.2, 0.25) is 0 Å². The van der Waals surface area contributed by atoms with E-state index in [4.69, 9.17) is 0 Å². The lowest BCUT2D eigenvalue weighted by Gasteiger charge is -2.34. The monoisotopic (exact) mass is 294 g/mol. The van der Waals surface area contributed by atoms with Gasteiger partial charge in [0.2, 0.25) is 0 Å². The van der Waals surface area contributed by atoms with Crippen molar-refractivity contribution in [1.82, 2.24) is 5.32 Å². The molecule has 0 radical (unpaired) electrons. The molecule has 0 unspecified atom stereocenters. The van der Waals surface area contributed by atoms with Crippen LogP contribution in [0.4, 0.5) is 5.69 Å². The largest absolute Gasteiger partial charge is 0.369 e. The minimum Gasteiger partial charge on any atom is -0.369 e. The van der Waals surface area contributed by atoms with Crippen molar-refractivity contribution in [2.24, 2.45) is 0 Å². The Hall–Kier alpha value is -2.29. The van der Waals surface area contributed by atoms with Crippen molar-refractivity contribution in [1.29, 1.82) is 0 Å². The van der Waals surface area contributed by atoms with Gasteiger partial charge in [0.1, 0.15) is 0 Å². The Labute approximate surface area is 132 Å². The summed E-state index contributed by atoms with van der Waals surface area (Å²) in [6, 6.07) is 18.4. The molecule has 22 heavy (non-hydrogen) atoms. The maximum atomic E-state index is 12.4. The summed E-state index contributed by atoms with van der Waals surface area (Å²) < 4.78 is 0. The zero-order valence-electron chi connectivity index (χ0n) is 13.0. The highest BCUT2D eigenvalue weighted by atomic mass is 16.1. The first kappa shape index (κ1) is 14.6. The topological polar surface area (TPSA) is 32.3 Å². The number of carbonyl (C=O) groups is 1. The molecule has 2 aromatic rings. The lowest BCUT2D eigenvalue weighted by Crippen LogP contribution is -2.47. The highest BCUT2D eigenvalue weighted by molar-refractivity contribution is 5.95. The highest BCUT2D eigenvalue weighted by Crippen LogP contribution is 2.19. The molecule has 0 aliphatic carbocycles. The minimum atomic E-state index is 0.0398. The molecule has 2 aromatic carbocycles. The van der Waals surface area contributed by atoms with Crippen LogP contribution in [0.3, 0.4) is 0 Å². The molecule has 3 nitrogen and oxygen atoms in total. The maximum absolute atomic E-state index is 12.4. The summed E-state index contributed by atoms with van der Waals surface area (Å²) in [5, 5.41) is 3.20. The number of piperidine rings is 1. The number of amides is 1. The molecular formula is C19H22N2O. The Morgan fingerprint density at radius 2 is 1.82 bits per heavy atom. The summed E-state index contributed by atoms with van der Waals surface area (Å²) in [7, 11) is 0. The molecule has 0 aromatic heterocycles. The van der Waals surface area contributed by atoms with Crippen molar-refractivity contribution >= 4 is 11.6 Å². The molecule has 0 spiro atoms. The number of para-hydroxylation sites is 1. The van der Waals surface area contributed by atoms with Gasteiger partial charge in [-0.25, -0.2) is 0 Å². The lowest BCUT2D eigenvalue weighted by atomic mass is 10.0. The van der Waals surface area contributed by atoms with Crippen LogP contribution in [-0.4, -0.2) is 25.0 Å². The van der Waals surface area contributed by atoms with E-state index in [0.717, 1.165) is 37.1 Å². The van der Waals surface area contributed by atoms with Gasteiger partial charge in [-0.2, -0.15) is 0 Å². The van der Waals surface area contributed by atoms with Crippen LogP contribution in [0.1, 0.15) is 28.8 Å². The summed E-state index contributed by atoms with van der Waals surface area (Å²) in [6.45, 7) is 3.91. The summed E-state index contributed by atoms with van der Waals surface area (Å²) in [6.07, 6.45) is 2.15. The number of hydrogen-bond donors (Lipinski definition) is 1. The van der Waals surface area contributed by atoms with Gasteiger partial charge in [0, 0.05) is 30.4 Å². The smallest absolute Gasteiger partial charge is 0.251 e. The number of carbonyl (C=O) groups excluding carboxylic acids is 1. The molecule has 0 saturated carbocycles. The summed E-state index contributed by atoms with van der Waals surface area (Å²) >= 11 is 0. The van der Waals surface area contributed by atoms with E-state index in [0.29, 0.717) is 0 Å². The van der Waals surface area contributed by atoms with Crippen LogP contribution >= 0.6 is 0 Å². The molecule has 1 atom stereocenters. The van der Waals surface area contributed by atoms with E-state index < -0.39 is 0 Å². The van der Waals surface area contributed by atoms with Gasteiger partial charge in [0.05, 0.1) is 0 Å². The quantitative estimate of drug-likeness (QED) is 0.941. The molecule has 0 bridgehead atoms. The van der Waals surface area contributed by atoms with Gasteiger partial charge in [0.25, 0.3) is 5.91 Å². The molecule has 1 heterocycles. The van der Waals surface area contributed by atoms with Crippen LogP contribution in [0.5, 0.6) is 0 Å². The predicted octanol–water partition coefficient (Wildman–Crippen LogP) is 3.39. The van der Waals surface area contributed by atoms with Crippen molar-refractivity contribution in [3.05, 3.63) is 65.7 Å². The molecular weight excluding hydrogens is 272 g/mol. The van der Waals surface area contributed by atoms with Gasteiger partial charge < -0.3 is 10.2 Å². The van der Waals surface area contributed by atoms with Gasteiger partial charge in [-0.15, -0.1) is 0 Å². The molecule has 114 valence electrons. The lowest BCUT2D eigenvalue weighted by molar-refractivity contribution is 0.0932. The Kier molecular flexibility index (Phi) is 4.42. The van der Waals surface area contributed by atoms with Crippen molar-refractivity contribution in [3.63, 3.8) is 0 Å². The van der Waals surface area contributed by atoms with Crippen LogP contribution in [0, 0.1) is 6.92 Å². The van der Waals surface area contributed by atoms with Crippen molar-refractivity contribution in [2.75, 3.05) is 18.0 Å². The van der Waals surface area contributed by atoms with Crippen LogP contribution < -0.4 is 10.2 Å². The SMILES string of the molecule is Cc1ccccc1C(=O)N[C@H]1CCCN(c2ccccc2)C1. The van der Waals surface area contributed by atoms with E-state index in [1.54, 1.807) is 0 Å². The number of aryl methyl sites for hydroxylation is 1. The average Bonchev–Trinajstić information content (AvgIpc) is 2.56. The van der Waals surface area contributed by atoms with E-state index in [1.165, 1.54) is 5.69 Å². The first-order valence-electron chi connectivity index (χ1n) is 7.90. The third-order valence-corrected chi connectivity index (χ3v) is 4.27. The summed E-state index contributed by atoms with van der Waals surface area (Å²) in [5.74, 6) is 0.0398. The third-order valence-electron chi connectivity index (χ3n) is 4.27. The van der Waals surface area contributed by atoms with Gasteiger partial charge >= 0.3 is 0 Å². The number of rotatable bonds is 3. The van der Waals surface area contributed by atoms with Gasteiger partial charge in [-0.1, -0.05) is 36.4 Å². The predicted molar refractivity (Wildman–Crippen MR) is 90.3 cm³/mol. The average molecular weight is 294 g/mol. The van der Waals surface area contributed by atoms with Crippen LogP contribution in [-0.2, 0) is 0 Å². The zero-order chi connectivity index (χ0) is 15.4. The first-order valence-corrected chi connectivity index (χ1v) is 7.90. The summed E-state index contributed by atoms with van der Waals surface area (Å²) in [5.41, 5.74) is 3.03. The number of anilines is 1. The molecule has 1 fully saturated rings. The molecule has 1 amide bonds. The fourth-order valence-electron chi connectivity index (χ4n) is 3.06. The summed E-state index contributed by atoms with van der Waals surface area (Å²) in [4.78, 5) is 14.8. The number of hydrogen-bond acceptors (Lipinski definition) is 2. The molecule has 3 heteroatoms. The van der Waals surface area contributed by atoms with Crippen LogP contribution in [0.15, 0.2) is 54.6 Å². The number of benzene rings is 2. The Bertz CT molecular complexity index is 639. The van der Waals surface area contributed by atoms with E-state index in [1.807, 2.05) is 37.3 Å². The van der Waals surface area contributed by atoms with E-state index in [2.05, 4.69) is 34.5 Å². The van der Waals surface area contributed by atoms with Gasteiger partial charge in [-0.05, 0) is 43.5 Å².